The molecule has 0 atom stereocenters. The third kappa shape index (κ3) is 5.44. The Morgan fingerprint density at radius 3 is 1.76 bits per heavy atom. The molecule has 1 nitrogen and oxygen atoms in total. The minimum absolute atomic E-state index is 0.929. The molecule has 0 saturated heterocycles. The van der Waals surface area contributed by atoms with Crippen LogP contribution in [0.4, 0.5) is 0 Å². The first-order valence-electron chi connectivity index (χ1n) is 8.83. The Hall–Kier alpha value is -2.64. The van der Waals surface area contributed by atoms with Gasteiger partial charge in [0.2, 0.25) is 0 Å². The molecule has 0 aliphatic carbocycles. The van der Waals surface area contributed by atoms with Gasteiger partial charge in [0, 0.05) is 19.6 Å². The predicted molar refractivity (Wildman–Crippen MR) is 107 cm³/mol. The van der Waals surface area contributed by atoms with E-state index in [1.807, 2.05) is 0 Å². The molecule has 0 fully saturated rings. The molecule has 0 heterocycles. The van der Waals surface area contributed by atoms with Crippen molar-refractivity contribution in [2.75, 3.05) is 6.54 Å². The van der Waals surface area contributed by atoms with Crippen molar-refractivity contribution >= 4 is 6.08 Å². The van der Waals surface area contributed by atoms with Crippen LogP contribution < -0.4 is 0 Å². The van der Waals surface area contributed by atoms with Crippen molar-refractivity contribution in [2.24, 2.45) is 0 Å². The fourth-order valence-electron chi connectivity index (χ4n) is 2.97. The molecule has 0 bridgehead atoms. The van der Waals surface area contributed by atoms with Gasteiger partial charge in [-0.2, -0.15) is 0 Å². The number of hydrogen-bond donors (Lipinski definition) is 0. The van der Waals surface area contributed by atoms with Crippen molar-refractivity contribution in [1.29, 1.82) is 0 Å². The second kappa shape index (κ2) is 9.00. The van der Waals surface area contributed by atoms with E-state index >= 15 is 0 Å². The lowest BCUT2D eigenvalue weighted by atomic mass is 10.1. The second-order valence-corrected chi connectivity index (χ2v) is 6.40. The van der Waals surface area contributed by atoms with E-state index in [1.165, 1.54) is 22.3 Å². The second-order valence-electron chi connectivity index (χ2n) is 6.40. The van der Waals surface area contributed by atoms with Gasteiger partial charge in [0.1, 0.15) is 0 Å². The lowest BCUT2D eigenvalue weighted by Crippen LogP contribution is -2.22. The first-order valence-corrected chi connectivity index (χ1v) is 8.83. The average molecular weight is 327 g/mol. The van der Waals surface area contributed by atoms with E-state index < -0.39 is 0 Å². The smallest absolute Gasteiger partial charge is 0.0240 e. The molecule has 3 aromatic carbocycles. The summed E-state index contributed by atoms with van der Waals surface area (Å²) in [5.74, 6) is 0. The minimum atomic E-state index is 0.929. The van der Waals surface area contributed by atoms with Crippen molar-refractivity contribution in [2.45, 2.75) is 20.0 Å². The third-order valence-corrected chi connectivity index (χ3v) is 4.35. The molecule has 0 N–H and O–H groups in total. The van der Waals surface area contributed by atoms with Crippen molar-refractivity contribution in [1.82, 2.24) is 4.90 Å². The van der Waals surface area contributed by atoms with Crippen LogP contribution in [0.3, 0.4) is 0 Å². The van der Waals surface area contributed by atoms with Gasteiger partial charge in [-0.25, -0.2) is 0 Å². The predicted octanol–water partition coefficient (Wildman–Crippen LogP) is 5.71. The highest BCUT2D eigenvalue weighted by atomic mass is 15.1. The Bertz CT molecular complexity index is 749. The van der Waals surface area contributed by atoms with E-state index in [9.17, 15) is 0 Å². The van der Waals surface area contributed by atoms with Crippen LogP contribution in [0.1, 0.15) is 22.3 Å². The molecule has 1 heteroatoms. The number of rotatable bonds is 7. The summed E-state index contributed by atoms with van der Waals surface area (Å²) in [7, 11) is 0. The third-order valence-electron chi connectivity index (χ3n) is 4.35. The Morgan fingerprint density at radius 1 is 0.680 bits per heavy atom. The fourth-order valence-corrected chi connectivity index (χ4v) is 2.97. The Balaban J connectivity index is 1.70. The lowest BCUT2D eigenvalue weighted by molar-refractivity contribution is 0.286. The molecule has 126 valence electrons. The van der Waals surface area contributed by atoms with E-state index in [-0.39, 0.29) is 0 Å². The number of aryl methyl sites for hydroxylation is 1. The van der Waals surface area contributed by atoms with Crippen LogP contribution in [0, 0.1) is 6.92 Å². The zero-order valence-corrected chi connectivity index (χ0v) is 14.8. The van der Waals surface area contributed by atoms with Gasteiger partial charge in [-0.15, -0.1) is 0 Å². The zero-order chi connectivity index (χ0) is 17.3. The lowest BCUT2D eigenvalue weighted by Gasteiger charge is -2.21. The molecule has 0 aliphatic rings. The molecule has 0 radical (unpaired) electrons. The zero-order valence-electron chi connectivity index (χ0n) is 14.8. The maximum atomic E-state index is 2.47. The van der Waals surface area contributed by atoms with E-state index in [1.54, 1.807) is 0 Å². The van der Waals surface area contributed by atoms with Crippen LogP contribution in [-0.2, 0) is 13.1 Å². The van der Waals surface area contributed by atoms with E-state index in [0.29, 0.717) is 0 Å². The first kappa shape index (κ1) is 17.2. The number of benzene rings is 3. The van der Waals surface area contributed by atoms with Crippen LogP contribution in [-0.4, -0.2) is 11.4 Å². The van der Waals surface area contributed by atoms with Gasteiger partial charge in [0.25, 0.3) is 0 Å². The van der Waals surface area contributed by atoms with Gasteiger partial charge < -0.3 is 0 Å². The van der Waals surface area contributed by atoms with Crippen LogP contribution in [0.25, 0.3) is 6.08 Å². The molecule has 3 rings (SSSR count). The summed E-state index contributed by atoms with van der Waals surface area (Å²) < 4.78 is 0. The number of hydrogen-bond acceptors (Lipinski definition) is 1. The summed E-state index contributed by atoms with van der Waals surface area (Å²) >= 11 is 0. The molecule has 25 heavy (non-hydrogen) atoms. The Kier molecular flexibility index (Phi) is 6.19. The summed E-state index contributed by atoms with van der Waals surface area (Å²) in [5, 5.41) is 0. The largest absolute Gasteiger partial charge is 0.291 e. The molecule has 3 aromatic rings. The minimum Gasteiger partial charge on any atom is -0.291 e. The number of nitrogens with zero attached hydrogens (tertiary/aromatic N) is 1. The van der Waals surface area contributed by atoms with Crippen LogP contribution in [0.5, 0.6) is 0 Å². The monoisotopic (exact) mass is 327 g/mol. The van der Waals surface area contributed by atoms with Gasteiger partial charge in [-0.05, 0) is 29.2 Å². The van der Waals surface area contributed by atoms with Gasteiger partial charge in [0.15, 0.2) is 0 Å². The maximum Gasteiger partial charge on any atom is 0.0240 e. The Labute approximate surface area is 151 Å². The normalized spacial score (nSPS) is 11.3. The van der Waals surface area contributed by atoms with Gasteiger partial charge in [-0.3, -0.25) is 4.90 Å². The van der Waals surface area contributed by atoms with Crippen molar-refractivity contribution in [3.63, 3.8) is 0 Å². The van der Waals surface area contributed by atoms with Crippen LogP contribution >= 0.6 is 0 Å². The van der Waals surface area contributed by atoms with Crippen molar-refractivity contribution < 1.29 is 0 Å². The van der Waals surface area contributed by atoms with E-state index in [0.717, 1.165) is 19.6 Å². The molecular weight excluding hydrogens is 302 g/mol. The summed E-state index contributed by atoms with van der Waals surface area (Å²) in [5.41, 5.74) is 5.31. The highest BCUT2D eigenvalue weighted by Gasteiger charge is 2.05. The summed E-state index contributed by atoms with van der Waals surface area (Å²) in [6, 6.07) is 29.9. The van der Waals surface area contributed by atoms with Crippen molar-refractivity contribution in [3.8, 4) is 0 Å². The SMILES string of the molecule is Cc1ccccc1/C=C/CN(Cc1ccccc1)Cc1ccccc1. The molecule has 0 aliphatic heterocycles. The highest BCUT2D eigenvalue weighted by Crippen LogP contribution is 2.12. The summed E-state index contributed by atoms with van der Waals surface area (Å²) in [6.45, 7) is 4.99. The summed E-state index contributed by atoms with van der Waals surface area (Å²) in [4.78, 5) is 2.47. The van der Waals surface area contributed by atoms with Crippen LogP contribution in [0.2, 0.25) is 0 Å². The standard InChI is InChI=1S/C24H25N/c1-21-11-8-9-16-24(21)17-10-18-25(19-22-12-4-2-5-13-22)20-23-14-6-3-7-15-23/h2-17H,18-20H2,1H3/b17-10+. The molecule has 0 unspecified atom stereocenters. The topological polar surface area (TPSA) is 3.24 Å². The fraction of sp³-hybridized carbons (Fsp3) is 0.167. The quantitative estimate of drug-likeness (QED) is 0.537. The van der Waals surface area contributed by atoms with Gasteiger partial charge >= 0.3 is 0 Å². The highest BCUT2D eigenvalue weighted by molar-refractivity contribution is 5.53. The molecule has 0 saturated carbocycles. The maximum absolute atomic E-state index is 2.47. The summed E-state index contributed by atoms with van der Waals surface area (Å²) in [6.07, 6.45) is 4.51. The van der Waals surface area contributed by atoms with Crippen molar-refractivity contribution in [3.05, 3.63) is 113 Å². The molecule has 0 spiro atoms. The van der Waals surface area contributed by atoms with Crippen LogP contribution in [0.15, 0.2) is 91.0 Å². The average Bonchev–Trinajstić information content (AvgIpc) is 2.65. The molecule has 0 amide bonds. The van der Waals surface area contributed by atoms with Gasteiger partial charge in [0.05, 0.1) is 0 Å². The van der Waals surface area contributed by atoms with E-state index in [4.69, 9.17) is 0 Å². The van der Waals surface area contributed by atoms with E-state index in [2.05, 4.69) is 109 Å². The molecular formula is C24H25N. The first-order chi connectivity index (χ1) is 12.3. The van der Waals surface area contributed by atoms with Gasteiger partial charge in [-0.1, -0.05) is 97.1 Å². The Morgan fingerprint density at radius 2 is 1.20 bits per heavy atom. The molecule has 0 aromatic heterocycles.